The molecule has 0 saturated carbocycles. The normalized spacial score (nSPS) is 20.2. The molecular formula is C57H65F3N10O7S2. The number of hydrogen-bond donors (Lipinski definition) is 4. The number of Topliss-reactive ketones (excluding diaryl/α,β-unsaturated/α-hetero) is 1. The lowest BCUT2D eigenvalue weighted by molar-refractivity contribution is -0.143. The fraction of sp³-hybridized carbons (Fsp3) is 0.439. The summed E-state index contributed by atoms with van der Waals surface area (Å²) >= 11 is 1.58. The number of likely N-dealkylation sites (tertiary alicyclic amines) is 2. The Hall–Kier alpha value is -6.56. The number of aliphatic hydroxyl groups excluding tert-OH is 1. The van der Waals surface area contributed by atoms with Crippen molar-refractivity contribution >= 4 is 67.3 Å². The maximum absolute atomic E-state index is 15.8. The molecule has 6 aromatic rings. The lowest BCUT2D eigenvalue weighted by Crippen LogP contribution is -2.60. The van der Waals surface area contributed by atoms with Crippen LogP contribution in [0.2, 0.25) is 0 Å². The number of nitrogens with zero attached hydrogens (tertiary/aromatic N) is 7. The number of amides is 2. The van der Waals surface area contributed by atoms with Crippen LogP contribution in [-0.4, -0.2) is 167 Å². The Morgan fingerprint density at radius 2 is 1.61 bits per heavy atom. The molecule has 4 atom stereocenters. The van der Waals surface area contributed by atoms with Crippen LogP contribution in [0.5, 0.6) is 0 Å². The molecule has 0 unspecified atom stereocenters. The van der Waals surface area contributed by atoms with Gasteiger partial charge in [0.25, 0.3) is 0 Å². The van der Waals surface area contributed by atoms with Gasteiger partial charge in [-0.05, 0) is 78.1 Å². The number of carbonyl (C=O) groups is 4. The number of benzene rings is 3. The Balaban J connectivity index is 0.682. The van der Waals surface area contributed by atoms with Crippen LogP contribution in [0.25, 0.3) is 32.6 Å². The fourth-order valence-corrected chi connectivity index (χ4v) is 13.3. The monoisotopic (exact) mass is 1120 g/mol. The van der Waals surface area contributed by atoms with E-state index in [0.717, 1.165) is 95.2 Å². The van der Waals surface area contributed by atoms with Crippen LogP contribution in [0.3, 0.4) is 0 Å². The largest absolute Gasteiger partial charge is 0.391 e. The molecule has 4 aliphatic heterocycles. The van der Waals surface area contributed by atoms with Gasteiger partial charge in [0, 0.05) is 113 Å². The van der Waals surface area contributed by atoms with Crippen molar-refractivity contribution in [2.75, 3.05) is 81.6 Å². The first-order valence-electron chi connectivity index (χ1n) is 26.7. The van der Waals surface area contributed by atoms with Crippen molar-refractivity contribution in [3.05, 3.63) is 119 Å². The topological polar surface area (TPSA) is 204 Å². The van der Waals surface area contributed by atoms with Gasteiger partial charge in [-0.3, -0.25) is 33.7 Å². The van der Waals surface area contributed by atoms with Crippen molar-refractivity contribution in [2.45, 2.75) is 77.7 Å². The fourth-order valence-electron chi connectivity index (χ4n) is 11.2. The minimum atomic E-state index is -4.37. The molecule has 22 heteroatoms. The van der Waals surface area contributed by atoms with Gasteiger partial charge in [0.05, 0.1) is 46.0 Å². The van der Waals surface area contributed by atoms with Gasteiger partial charge in [0.1, 0.15) is 23.7 Å². The van der Waals surface area contributed by atoms with Crippen LogP contribution in [0.4, 0.5) is 24.5 Å². The number of piperazine rings is 1. The number of halogens is 3. The molecule has 3 aromatic carbocycles. The van der Waals surface area contributed by atoms with Crippen LogP contribution in [0.1, 0.15) is 67.2 Å². The molecular weight excluding hydrogens is 1060 g/mol. The van der Waals surface area contributed by atoms with Gasteiger partial charge in [-0.25, -0.2) is 23.1 Å². The number of aromatic nitrogens is 3. The van der Waals surface area contributed by atoms with Gasteiger partial charge in [-0.2, -0.15) is 12.7 Å². The molecule has 4 aliphatic rings. The average molecular weight is 1120 g/mol. The molecule has 0 aliphatic carbocycles. The molecule has 10 rings (SSSR count). The maximum atomic E-state index is 15.8. The predicted molar refractivity (Wildman–Crippen MR) is 297 cm³/mol. The SMILES string of the molecule is Cc1ncsc1-c1ccc(CCC(=O)[C@@H]2C[C@@H](O)CN2C(=O)[C@@H](NC(=O)CN2CC(CN3CCN(c4ccc(-c5cnc6[nH]cc(C(=O)c7c(F)ccc(NS(=O)(=O)N8CC[C@@H](F)C8)c7F)c6c5)cc4)CC3)C2)C(C)(C)C)cc1. The second kappa shape index (κ2) is 22.9. The zero-order valence-electron chi connectivity index (χ0n) is 44.6. The van der Waals surface area contributed by atoms with Crippen molar-refractivity contribution in [2.24, 2.45) is 11.3 Å². The number of pyridine rings is 1. The van der Waals surface area contributed by atoms with Crippen molar-refractivity contribution in [1.29, 1.82) is 0 Å². The number of aromatic amines is 1. The quantitative estimate of drug-likeness (QED) is 0.0671. The van der Waals surface area contributed by atoms with E-state index in [1.165, 1.54) is 11.1 Å². The van der Waals surface area contributed by atoms with Crippen LogP contribution < -0.4 is 14.9 Å². The molecule has 418 valence electrons. The zero-order chi connectivity index (χ0) is 55.9. The number of alkyl halides is 1. The Labute approximate surface area is 461 Å². The first-order valence-corrected chi connectivity index (χ1v) is 29.0. The van der Waals surface area contributed by atoms with Gasteiger partial charge >= 0.3 is 10.2 Å². The molecule has 7 heterocycles. The summed E-state index contributed by atoms with van der Waals surface area (Å²) in [5.41, 5.74) is 5.36. The van der Waals surface area contributed by atoms with E-state index in [1.54, 1.807) is 23.6 Å². The summed E-state index contributed by atoms with van der Waals surface area (Å²) in [5.74, 6) is -3.94. The summed E-state index contributed by atoms with van der Waals surface area (Å²) in [6.07, 6.45) is 1.63. The molecule has 0 radical (unpaired) electrons. The number of rotatable bonds is 18. The van der Waals surface area contributed by atoms with Gasteiger partial charge in [-0.1, -0.05) is 57.2 Å². The van der Waals surface area contributed by atoms with Crippen LogP contribution in [0, 0.1) is 29.9 Å². The number of fused-ring (bicyclic) bond motifs is 1. The Kier molecular flexibility index (Phi) is 16.2. The van der Waals surface area contributed by atoms with E-state index >= 15 is 8.78 Å². The summed E-state index contributed by atoms with van der Waals surface area (Å²) in [7, 11) is -4.37. The predicted octanol–water partition coefficient (Wildman–Crippen LogP) is 6.62. The second-order valence-electron chi connectivity index (χ2n) is 22.4. The zero-order valence-corrected chi connectivity index (χ0v) is 46.2. The summed E-state index contributed by atoms with van der Waals surface area (Å²) in [5, 5.41) is 14.0. The molecule has 0 bridgehead atoms. The van der Waals surface area contributed by atoms with Crippen molar-refractivity contribution in [3.63, 3.8) is 0 Å². The van der Waals surface area contributed by atoms with E-state index < -0.39 is 75.2 Å². The lowest BCUT2D eigenvalue weighted by atomic mass is 9.85. The highest BCUT2D eigenvalue weighted by Gasteiger charge is 2.45. The molecule has 0 spiro atoms. The third-order valence-corrected chi connectivity index (χ3v) is 18.1. The number of anilines is 2. The van der Waals surface area contributed by atoms with Crippen LogP contribution in [0.15, 0.2) is 84.6 Å². The van der Waals surface area contributed by atoms with Gasteiger partial charge in [0.2, 0.25) is 17.6 Å². The number of aryl methyl sites for hydroxylation is 2. The smallest absolute Gasteiger partial charge is 0.301 e. The number of aliphatic hydroxyl groups is 1. The van der Waals surface area contributed by atoms with Gasteiger partial charge in [-0.15, -0.1) is 11.3 Å². The number of ketones is 2. The summed E-state index contributed by atoms with van der Waals surface area (Å²) < 4.78 is 73.3. The van der Waals surface area contributed by atoms with E-state index in [9.17, 15) is 37.1 Å². The Morgan fingerprint density at radius 1 is 0.886 bits per heavy atom. The lowest BCUT2D eigenvalue weighted by Gasteiger charge is -2.44. The Morgan fingerprint density at radius 3 is 2.28 bits per heavy atom. The molecule has 17 nitrogen and oxygen atoms in total. The molecule has 2 amide bonds. The summed E-state index contributed by atoms with van der Waals surface area (Å²) in [4.78, 5) is 76.3. The second-order valence-corrected chi connectivity index (χ2v) is 24.9. The third-order valence-electron chi connectivity index (χ3n) is 15.6. The van der Waals surface area contributed by atoms with Gasteiger partial charge < -0.3 is 25.2 Å². The van der Waals surface area contributed by atoms with E-state index in [0.29, 0.717) is 28.9 Å². The number of β-amino-alcohol motifs (C(OH)–C–C–N with tert-alkyl or cyclic N) is 1. The minimum absolute atomic E-state index is 0.00609. The van der Waals surface area contributed by atoms with Crippen LogP contribution in [-0.2, 0) is 31.0 Å². The molecule has 4 fully saturated rings. The van der Waals surface area contributed by atoms with Crippen LogP contribution >= 0.6 is 11.3 Å². The number of carbonyl (C=O) groups excluding carboxylic acids is 4. The van der Waals surface area contributed by atoms with Crippen molar-refractivity contribution < 1.29 is 45.9 Å². The minimum Gasteiger partial charge on any atom is -0.391 e. The van der Waals surface area contributed by atoms with E-state index in [1.807, 2.05) is 86.5 Å². The summed E-state index contributed by atoms with van der Waals surface area (Å²) in [6.45, 7) is 13.0. The van der Waals surface area contributed by atoms with Gasteiger partial charge in [0.15, 0.2) is 11.6 Å². The first-order chi connectivity index (χ1) is 37.7. The maximum Gasteiger partial charge on any atom is 0.301 e. The average Bonchev–Trinajstić information content (AvgIpc) is 4.29. The van der Waals surface area contributed by atoms with Crippen molar-refractivity contribution in [1.82, 2.24) is 39.3 Å². The summed E-state index contributed by atoms with van der Waals surface area (Å²) in [6, 6.07) is 17.7. The Bertz CT molecular complexity index is 3360. The van der Waals surface area contributed by atoms with E-state index in [4.69, 9.17) is 0 Å². The molecule has 3 aromatic heterocycles. The number of hydrogen-bond acceptors (Lipinski definition) is 13. The van der Waals surface area contributed by atoms with E-state index in [2.05, 4.69) is 35.0 Å². The molecule has 4 N–H and O–H groups in total. The first kappa shape index (κ1) is 55.7. The van der Waals surface area contributed by atoms with Crippen molar-refractivity contribution in [3.8, 4) is 21.6 Å². The number of thiazole rings is 1. The highest BCUT2D eigenvalue weighted by molar-refractivity contribution is 7.90. The standard InChI is InChI=1S/C57H65F3N10O7S2/c1-34-53(78-33-63-34)38-8-5-35(6-9-38)7-16-48(72)47-24-42(71)31-70(47)56(75)54(57(2,3)4)64-49(73)32-67-28-36(29-67)27-66-19-21-68(22-20-66)41-12-10-37(11-13-41)39-23-43-44(26-62-55(43)61-25-39)52(74)50-45(59)14-15-46(51(50)60)65-79(76,77)69-18-17-40(58)30-69/h5-6,8-15,23,25-26,33,36,40,42,47,54,65,71H,7,16-22,24,27-32H2,1-4H3,(H,61,62)(H,64,73)/t40-,42-,47+,54-/m1/s1. The molecule has 4 saturated heterocycles. The highest BCUT2D eigenvalue weighted by Crippen LogP contribution is 2.33. The number of H-pyrrole nitrogens is 1. The number of nitrogens with one attached hydrogen (secondary N) is 3. The van der Waals surface area contributed by atoms with E-state index in [-0.39, 0.29) is 62.1 Å². The highest BCUT2D eigenvalue weighted by atomic mass is 32.2. The third kappa shape index (κ3) is 12.3. The molecule has 79 heavy (non-hydrogen) atoms.